The van der Waals surface area contributed by atoms with Gasteiger partial charge in [-0.2, -0.15) is 0 Å². The standard InChI is InChI=1S/C19H23F2N3/c20-18-2-1-15(13-19(18)21)5-10-23-17-6-11-24(12-7-17)14-16-3-8-22-9-4-16/h1-4,8-9,13,17,23H,5-7,10-12,14H2. The third-order valence-corrected chi connectivity index (χ3v) is 4.57. The largest absolute Gasteiger partial charge is 0.314 e. The Hall–Kier alpha value is -1.85. The molecule has 5 heteroatoms. The molecular weight excluding hydrogens is 308 g/mol. The number of halogens is 2. The molecule has 3 rings (SSSR count). The summed E-state index contributed by atoms with van der Waals surface area (Å²) >= 11 is 0. The first-order valence-corrected chi connectivity index (χ1v) is 8.49. The maximum atomic E-state index is 13.2. The first kappa shape index (κ1) is 17.0. The summed E-state index contributed by atoms with van der Waals surface area (Å²) in [6.45, 7) is 3.92. The lowest BCUT2D eigenvalue weighted by atomic mass is 10.0. The van der Waals surface area contributed by atoms with E-state index < -0.39 is 11.6 Å². The molecule has 0 amide bonds. The van der Waals surface area contributed by atoms with Crippen LogP contribution in [0, 0.1) is 11.6 Å². The number of likely N-dealkylation sites (tertiary alicyclic amines) is 1. The van der Waals surface area contributed by atoms with Crippen molar-refractivity contribution in [3.8, 4) is 0 Å². The number of benzene rings is 1. The highest BCUT2D eigenvalue weighted by atomic mass is 19.2. The van der Waals surface area contributed by atoms with Crippen LogP contribution in [0.5, 0.6) is 0 Å². The van der Waals surface area contributed by atoms with Crippen molar-refractivity contribution in [2.24, 2.45) is 0 Å². The Morgan fingerprint density at radius 2 is 1.75 bits per heavy atom. The van der Waals surface area contributed by atoms with Gasteiger partial charge >= 0.3 is 0 Å². The molecule has 0 spiro atoms. The molecule has 0 aliphatic carbocycles. The van der Waals surface area contributed by atoms with Crippen LogP contribution < -0.4 is 5.32 Å². The maximum absolute atomic E-state index is 13.2. The van der Waals surface area contributed by atoms with Crippen LogP contribution in [0.4, 0.5) is 8.78 Å². The smallest absolute Gasteiger partial charge is 0.159 e. The van der Waals surface area contributed by atoms with Crippen molar-refractivity contribution in [2.75, 3.05) is 19.6 Å². The molecule has 0 unspecified atom stereocenters. The van der Waals surface area contributed by atoms with Crippen molar-refractivity contribution >= 4 is 0 Å². The van der Waals surface area contributed by atoms with Gasteiger partial charge in [-0.05, 0) is 74.3 Å². The number of nitrogens with zero attached hydrogens (tertiary/aromatic N) is 2. The molecule has 1 saturated heterocycles. The fourth-order valence-electron chi connectivity index (χ4n) is 3.16. The van der Waals surface area contributed by atoms with Gasteiger partial charge in [0.1, 0.15) is 0 Å². The zero-order valence-electron chi connectivity index (χ0n) is 13.7. The molecule has 3 nitrogen and oxygen atoms in total. The van der Waals surface area contributed by atoms with Crippen LogP contribution in [0.25, 0.3) is 0 Å². The number of hydrogen-bond donors (Lipinski definition) is 1. The van der Waals surface area contributed by atoms with Crippen molar-refractivity contribution in [1.82, 2.24) is 15.2 Å². The lowest BCUT2D eigenvalue weighted by Gasteiger charge is -2.32. The fraction of sp³-hybridized carbons (Fsp3) is 0.421. The van der Waals surface area contributed by atoms with Crippen LogP contribution in [-0.2, 0) is 13.0 Å². The van der Waals surface area contributed by atoms with Crippen molar-refractivity contribution in [2.45, 2.75) is 31.8 Å². The van der Waals surface area contributed by atoms with Gasteiger partial charge in [0.15, 0.2) is 11.6 Å². The summed E-state index contributed by atoms with van der Waals surface area (Å²) in [6, 6.07) is 8.76. The van der Waals surface area contributed by atoms with E-state index in [1.54, 1.807) is 6.07 Å². The third kappa shape index (κ3) is 4.82. The highest BCUT2D eigenvalue weighted by molar-refractivity contribution is 5.18. The van der Waals surface area contributed by atoms with E-state index in [4.69, 9.17) is 0 Å². The predicted molar refractivity (Wildman–Crippen MR) is 90.6 cm³/mol. The summed E-state index contributed by atoms with van der Waals surface area (Å²) in [7, 11) is 0. The molecule has 1 aromatic carbocycles. The minimum Gasteiger partial charge on any atom is -0.314 e. The molecule has 128 valence electrons. The Balaban J connectivity index is 1.37. The van der Waals surface area contributed by atoms with Crippen molar-refractivity contribution in [1.29, 1.82) is 0 Å². The molecule has 1 aromatic heterocycles. The second kappa shape index (κ2) is 8.31. The van der Waals surface area contributed by atoms with E-state index in [-0.39, 0.29) is 0 Å². The second-order valence-corrected chi connectivity index (χ2v) is 6.36. The molecular formula is C19H23F2N3. The van der Waals surface area contributed by atoms with Gasteiger partial charge < -0.3 is 5.32 Å². The molecule has 1 aliphatic heterocycles. The van der Waals surface area contributed by atoms with Crippen molar-refractivity contribution in [3.05, 3.63) is 65.5 Å². The van der Waals surface area contributed by atoms with E-state index in [9.17, 15) is 8.78 Å². The summed E-state index contributed by atoms with van der Waals surface area (Å²) in [4.78, 5) is 6.51. The van der Waals surface area contributed by atoms with Crippen LogP contribution in [0.1, 0.15) is 24.0 Å². The molecule has 1 N–H and O–H groups in total. The number of hydrogen-bond acceptors (Lipinski definition) is 3. The van der Waals surface area contributed by atoms with E-state index in [1.807, 2.05) is 12.4 Å². The first-order chi connectivity index (χ1) is 11.7. The molecule has 0 bridgehead atoms. The van der Waals surface area contributed by atoms with Gasteiger partial charge in [0.05, 0.1) is 0 Å². The molecule has 1 fully saturated rings. The van der Waals surface area contributed by atoms with E-state index in [1.165, 1.54) is 17.7 Å². The lowest BCUT2D eigenvalue weighted by molar-refractivity contribution is 0.191. The molecule has 2 aromatic rings. The first-order valence-electron chi connectivity index (χ1n) is 8.49. The highest BCUT2D eigenvalue weighted by Crippen LogP contribution is 2.14. The Morgan fingerprint density at radius 1 is 1.00 bits per heavy atom. The predicted octanol–water partition coefficient (Wildman–Crippen LogP) is 3.16. The molecule has 1 aliphatic rings. The highest BCUT2D eigenvalue weighted by Gasteiger charge is 2.18. The van der Waals surface area contributed by atoms with E-state index in [0.717, 1.165) is 44.6 Å². The zero-order chi connectivity index (χ0) is 16.8. The average molecular weight is 331 g/mol. The van der Waals surface area contributed by atoms with Crippen LogP contribution in [0.2, 0.25) is 0 Å². The number of aromatic nitrogens is 1. The molecule has 0 radical (unpaired) electrons. The number of nitrogens with one attached hydrogen (secondary N) is 1. The van der Waals surface area contributed by atoms with Crippen LogP contribution >= 0.6 is 0 Å². The Kier molecular flexibility index (Phi) is 5.88. The summed E-state index contributed by atoms with van der Waals surface area (Å²) in [6.07, 6.45) is 6.62. The quantitative estimate of drug-likeness (QED) is 0.881. The van der Waals surface area contributed by atoms with Gasteiger partial charge in [0.2, 0.25) is 0 Å². The topological polar surface area (TPSA) is 28.2 Å². The molecule has 0 saturated carbocycles. The maximum Gasteiger partial charge on any atom is 0.159 e. The summed E-state index contributed by atoms with van der Waals surface area (Å²) < 4.78 is 26.1. The van der Waals surface area contributed by atoms with Gasteiger partial charge in [-0.25, -0.2) is 8.78 Å². The van der Waals surface area contributed by atoms with E-state index >= 15 is 0 Å². The normalized spacial score (nSPS) is 16.4. The SMILES string of the molecule is Fc1ccc(CCNC2CCN(Cc3ccncc3)CC2)cc1F. The lowest BCUT2D eigenvalue weighted by Crippen LogP contribution is -2.42. The zero-order valence-corrected chi connectivity index (χ0v) is 13.7. The average Bonchev–Trinajstić information content (AvgIpc) is 2.60. The van der Waals surface area contributed by atoms with Crippen LogP contribution in [-0.4, -0.2) is 35.6 Å². The second-order valence-electron chi connectivity index (χ2n) is 6.36. The monoisotopic (exact) mass is 331 g/mol. The fourth-order valence-corrected chi connectivity index (χ4v) is 3.16. The molecule has 24 heavy (non-hydrogen) atoms. The van der Waals surface area contributed by atoms with Gasteiger partial charge in [-0.15, -0.1) is 0 Å². The molecule has 2 heterocycles. The third-order valence-electron chi connectivity index (χ3n) is 4.57. The van der Waals surface area contributed by atoms with Crippen LogP contribution in [0.15, 0.2) is 42.7 Å². The number of rotatable bonds is 6. The van der Waals surface area contributed by atoms with Gasteiger partial charge in [0, 0.05) is 25.0 Å². The van der Waals surface area contributed by atoms with Gasteiger partial charge in [0.25, 0.3) is 0 Å². The van der Waals surface area contributed by atoms with Gasteiger partial charge in [-0.3, -0.25) is 9.88 Å². The van der Waals surface area contributed by atoms with Crippen LogP contribution in [0.3, 0.4) is 0 Å². The van der Waals surface area contributed by atoms with Crippen molar-refractivity contribution < 1.29 is 8.78 Å². The minimum atomic E-state index is -0.784. The minimum absolute atomic E-state index is 0.504. The summed E-state index contributed by atoms with van der Waals surface area (Å²) in [5, 5.41) is 3.54. The van der Waals surface area contributed by atoms with Crippen molar-refractivity contribution in [3.63, 3.8) is 0 Å². The summed E-state index contributed by atoms with van der Waals surface area (Å²) in [5.74, 6) is -1.55. The van der Waals surface area contributed by atoms with E-state index in [2.05, 4.69) is 27.3 Å². The Labute approximate surface area is 141 Å². The van der Waals surface area contributed by atoms with Gasteiger partial charge in [-0.1, -0.05) is 6.07 Å². The Bertz CT molecular complexity index is 640. The molecule has 0 atom stereocenters. The number of piperidine rings is 1. The number of pyridine rings is 1. The van der Waals surface area contributed by atoms with E-state index in [0.29, 0.717) is 12.5 Å². The Morgan fingerprint density at radius 3 is 2.46 bits per heavy atom. The summed E-state index contributed by atoms with van der Waals surface area (Å²) in [5.41, 5.74) is 2.13.